The minimum Gasteiger partial charge on any atom is -0.348 e. The maximum Gasteiger partial charge on any atom is 0.251 e. The van der Waals surface area contributed by atoms with Crippen LogP contribution in [0.4, 0.5) is 0 Å². The smallest absolute Gasteiger partial charge is 0.251 e. The molecule has 1 atom stereocenters. The van der Waals surface area contributed by atoms with Crippen molar-refractivity contribution in [2.75, 3.05) is 19.6 Å². The summed E-state index contributed by atoms with van der Waals surface area (Å²) < 4.78 is 27.0. The monoisotopic (exact) mass is 407 g/mol. The van der Waals surface area contributed by atoms with Crippen LogP contribution in [0.1, 0.15) is 67.8 Å². The highest BCUT2D eigenvalue weighted by Gasteiger charge is 2.30. The first-order valence-electron chi connectivity index (χ1n) is 10.6. The number of amides is 1. The second-order valence-electron chi connectivity index (χ2n) is 8.08. The number of nitrogens with one attached hydrogen (secondary N) is 2. The van der Waals surface area contributed by atoms with Gasteiger partial charge in [0.2, 0.25) is 10.0 Å². The molecule has 1 aromatic carbocycles. The van der Waals surface area contributed by atoms with Crippen LogP contribution >= 0.6 is 0 Å². The molecule has 1 saturated heterocycles. The number of carbonyl (C=O) groups excluding carboxylic acids is 1. The lowest BCUT2D eigenvalue weighted by Crippen LogP contribution is -2.40. The molecule has 1 aliphatic carbocycles. The Labute approximate surface area is 169 Å². The fourth-order valence-electron chi connectivity index (χ4n) is 4.41. The van der Waals surface area contributed by atoms with E-state index in [-0.39, 0.29) is 16.8 Å². The van der Waals surface area contributed by atoms with Crippen molar-refractivity contribution >= 4 is 15.9 Å². The molecule has 1 amide bonds. The van der Waals surface area contributed by atoms with Crippen molar-refractivity contribution in [2.45, 2.75) is 75.8 Å². The van der Waals surface area contributed by atoms with Crippen molar-refractivity contribution in [3.05, 3.63) is 29.3 Å². The SMILES string of the molecule is CCNS(=O)(=O)c1ccc(C)c(C(=O)NC2CCN(C3CCCCCC3)C2)c1. The highest BCUT2D eigenvalue weighted by molar-refractivity contribution is 7.89. The number of carbonyl (C=O) groups is 1. The summed E-state index contributed by atoms with van der Waals surface area (Å²) >= 11 is 0. The number of aryl methyl sites for hydroxylation is 1. The molecule has 2 aliphatic rings. The van der Waals surface area contributed by atoms with Gasteiger partial charge in [0.15, 0.2) is 0 Å². The van der Waals surface area contributed by atoms with Gasteiger partial charge in [-0.3, -0.25) is 9.69 Å². The lowest BCUT2D eigenvalue weighted by molar-refractivity contribution is 0.0934. The van der Waals surface area contributed by atoms with Crippen molar-refractivity contribution in [3.8, 4) is 0 Å². The Morgan fingerprint density at radius 2 is 1.86 bits per heavy atom. The fourth-order valence-corrected chi connectivity index (χ4v) is 5.48. The fraction of sp³-hybridized carbons (Fsp3) is 0.667. The molecule has 28 heavy (non-hydrogen) atoms. The van der Waals surface area contributed by atoms with Crippen LogP contribution in [0.2, 0.25) is 0 Å². The normalized spacial score (nSPS) is 22.1. The number of hydrogen-bond donors (Lipinski definition) is 2. The summed E-state index contributed by atoms with van der Waals surface area (Å²) in [5.74, 6) is -0.182. The molecule has 1 aromatic rings. The standard InChI is InChI=1S/C21H33N3O3S/c1-3-22-28(26,27)19-11-10-16(2)20(14-19)21(25)23-17-12-13-24(15-17)18-8-6-4-5-7-9-18/h10-11,14,17-18,22H,3-9,12-13,15H2,1-2H3,(H,23,25). The van der Waals surface area contributed by atoms with E-state index >= 15 is 0 Å². The summed E-state index contributed by atoms with van der Waals surface area (Å²) in [7, 11) is -3.58. The van der Waals surface area contributed by atoms with Gasteiger partial charge in [-0.2, -0.15) is 0 Å². The van der Waals surface area contributed by atoms with Crippen LogP contribution in [0.3, 0.4) is 0 Å². The molecule has 3 rings (SSSR count). The lowest BCUT2D eigenvalue weighted by Gasteiger charge is -2.26. The van der Waals surface area contributed by atoms with Gasteiger partial charge in [-0.25, -0.2) is 13.1 Å². The van der Waals surface area contributed by atoms with E-state index in [0.29, 0.717) is 18.2 Å². The van der Waals surface area contributed by atoms with Gasteiger partial charge in [0.1, 0.15) is 0 Å². The number of rotatable bonds is 6. The van der Waals surface area contributed by atoms with E-state index in [2.05, 4.69) is 14.9 Å². The van der Waals surface area contributed by atoms with E-state index < -0.39 is 10.0 Å². The summed E-state index contributed by atoms with van der Waals surface area (Å²) in [6.07, 6.45) is 8.80. The molecule has 0 bridgehead atoms. The van der Waals surface area contributed by atoms with E-state index in [4.69, 9.17) is 0 Å². The highest BCUT2D eigenvalue weighted by Crippen LogP contribution is 2.25. The predicted octanol–water partition coefficient (Wildman–Crippen LogP) is 2.82. The number of hydrogen-bond acceptors (Lipinski definition) is 4. The van der Waals surface area contributed by atoms with Crippen LogP contribution in [0.25, 0.3) is 0 Å². The zero-order valence-corrected chi connectivity index (χ0v) is 17.9. The molecule has 1 unspecified atom stereocenters. The van der Waals surface area contributed by atoms with Gasteiger partial charge >= 0.3 is 0 Å². The second kappa shape index (κ2) is 9.37. The molecular formula is C21H33N3O3S. The molecule has 6 nitrogen and oxygen atoms in total. The van der Waals surface area contributed by atoms with Crippen LogP contribution in [-0.2, 0) is 10.0 Å². The third kappa shape index (κ3) is 5.13. The van der Waals surface area contributed by atoms with Crippen LogP contribution < -0.4 is 10.0 Å². The molecule has 156 valence electrons. The summed E-state index contributed by atoms with van der Waals surface area (Å²) in [6, 6.07) is 5.52. The van der Waals surface area contributed by atoms with Crippen LogP contribution in [0.5, 0.6) is 0 Å². The zero-order valence-electron chi connectivity index (χ0n) is 17.0. The van der Waals surface area contributed by atoms with Gasteiger partial charge in [-0.1, -0.05) is 38.7 Å². The molecule has 1 aliphatic heterocycles. The van der Waals surface area contributed by atoms with Crippen molar-refractivity contribution in [1.82, 2.24) is 14.9 Å². The maximum atomic E-state index is 12.9. The molecule has 7 heteroatoms. The second-order valence-corrected chi connectivity index (χ2v) is 9.84. The zero-order chi connectivity index (χ0) is 20.1. The average molecular weight is 408 g/mol. The van der Waals surface area contributed by atoms with E-state index in [1.54, 1.807) is 19.1 Å². The first kappa shape index (κ1) is 21.3. The minimum absolute atomic E-state index is 0.129. The van der Waals surface area contributed by atoms with E-state index in [0.717, 1.165) is 25.1 Å². The molecule has 1 saturated carbocycles. The Morgan fingerprint density at radius 3 is 2.54 bits per heavy atom. The molecule has 1 heterocycles. The van der Waals surface area contributed by atoms with E-state index in [9.17, 15) is 13.2 Å². The summed E-state index contributed by atoms with van der Waals surface area (Å²) in [5, 5.41) is 3.14. The molecule has 0 spiro atoms. The Hall–Kier alpha value is -1.44. The third-order valence-corrected chi connectivity index (χ3v) is 7.54. The van der Waals surface area contributed by atoms with Gasteiger partial charge in [-0.15, -0.1) is 0 Å². The first-order chi connectivity index (χ1) is 13.4. The quantitative estimate of drug-likeness (QED) is 0.711. The third-order valence-electron chi connectivity index (χ3n) is 5.99. The van der Waals surface area contributed by atoms with E-state index in [1.807, 2.05) is 6.92 Å². The molecular weight excluding hydrogens is 374 g/mol. The number of nitrogens with zero attached hydrogens (tertiary/aromatic N) is 1. The van der Waals surface area contributed by atoms with Crippen molar-refractivity contribution in [1.29, 1.82) is 0 Å². The Kier molecular flexibility index (Phi) is 7.12. The largest absolute Gasteiger partial charge is 0.348 e. The van der Waals surface area contributed by atoms with Gasteiger partial charge in [0.25, 0.3) is 5.91 Å². The Bertz CT molecular complexity index is 786. The van der Waals surface area contributed by atoms with Gasteiger partial charge < -0.3 is 5.32 Å². The van der Waals surface area contributed by atoms with Crippen LogP contribution in [0, 0.1) is 6.92 Å². The number of benzene rings is 1. The van der Waals surface area contributed by atoms with Crippen molar-refractivity contribution < 1.29 is 13.2 Å². The average Bonchev–Trinajstić information content (AvgIpc) is 2.94. The van der Waals surface area contributed by atoms with Crippen LogP contribution in [-0.4, -0.2) is 50.9 Å². The Balaban J connectivity index is 1.65. The summed E-state index contributed by atoms with van der Waals surface area (Å²) in [5.41, 5.74) is 1.22. The summed E-state index contributed by atoms with van der Waals surface area (Å²) in [6.45, 7) is 5.82. The first-order valence-corrected chi connectivity index (χ1v) is 12.0. The van der Waals surface area contributed by atoms with Gasteiger partial charge in [0, 0.05) is 37.3 Å². The minimum atomic E-state index is -3.58. The molecule has 2 fully saturated rings. The van der Waals surface area contributed by atoms with Crippen LogP contribution in [0.15, 0.2) is 23.1 Å². The van der Waals surface area contributed by atoms with Crippen molar-refractivity contribution in [3.63, 3.8) is 0 Å². The predicted molar refractivity (Wildman–Crippen MR) is 111 cm³/mol. The highest BCUT2D eigenvalue weighted by atomic mass is 32.2. The molecule has 0 radical (unpaired) electrons. The topological polar surface area (TPSA) is 78.5 Å². The van der Waals surface area contributed by atoms with Gasteiger partial charge in [0.05, 0.1) is 4.90 Å². The lowest BCUT2D eigenvalue weighted by atomic mass is 10.1. The summed E-state index contributed by atoms with van der Waals surface area (Å²) in [4.78, 5) is 15.5. The number of sulfonamides is 1. The van der Waals surface area contributed by atoms with Crippen molar-refractivity contribution in [2.24, 2.45) is 0 Å². The van der Waals surface area contributed by atoms with E-state index in [1.165, 1.54) is 44.6 Å². The Morgan fingerprint density at radius 1 is 1.14 bits per heavy atom. The molecule has 0 aromatic heterocycles. The maximum absolute atomic E-state index is 12.9. The molecule has 2 N–H and O–H groups in total. The number of likely N-dealkylation sites (tertiary alicyclic amines) is 1. The van der Waals surface area contributed by atoms with Gasteiger partial charge in [-0.05, 0) is 43.9 Å².